The number of unbranched alkanes of at least 4 members (excludes halogenated alkanes) is 1. The van der Waals surface area contributed by atoms with Crippen molar-refractivity contribution in [3.05, 3.63) is 70.8 Å². The van der Waals surface area contributed by atoms with Crippen LogP contribution in [0.15, 0.2) is 48.5 Å². The van der Waals surface area contributed by atoms with Crippen LogP contribution in [0.5, 0.6) is 0 Å². The predicted molar refractivity (Wildman–Crippen MR) is 99.5 cm³/mol. The Hall–Kier alpha value is -1.41. The van der Waals surface area contributed by atoms with Crippen molar-refractivity contribution in [3.8, 4) is 0 Å². The Labute approximate surface area is 145 Å². The smallest absolute Gasteiger partial charge is 0.324 e. The van der Waals surface area contributed by atoms with E-state index in [4.69, 9.17) is 4.52 Å². The molecule has 0 aliphatic rings. The van der Waals surface area contributed by atoms with Gasteiger partial charge in [0, 0.05) is 0 Å². The average Bonchev–Trinajstić information content (AvgIpc) is 2.56. The minimum absolute atomic E-state index is 0.0627. The highest BCUT2D eigenvalue weighted by Crippen LogP contribution is 2.45. The molecule has 0 aliphatic heterocycles. The molecule has 0 heterocycles. The molecule has 0 amide bonds. The molecule has 2 rings (SSSR count). The number of rotatable bonds is 9. The van der Waals surface area contributed by atoms with Crippen molar-refractivity contribution >= 4 is 7.60 Å². The van der Waals surface area contributed by atoms with E-state index >= 15 is 0 Å². The van der Waals surface area contributed by atoms with Gasteiger partial charge in [-0.15, -0.1) is 0 Å². The van der Waals surface area contributed by atoms with Crippen molar-refractivity contribution in [2.75, 3.05) is 6.61 Å². The quantitative estimate of drug-likeness (QED) is 0.623. The second-order valence-electron chi connectivity index (χ2n) is 6.13. The Balaban J connectivity index is 1.95. The molecule has 1 unspecified atom stereocenters. The van der Waals surface area contributed by atoms with Crippen LogP contribution in [-0.4, -0.2) is 11.5 Å². The molecule has 0 saturated heterocycles. The van der Waals surface area contributed by atoms with Gasteiger partial charge in [0.15, 0.2) is 0 Å². The molecule has 0 spiro atoms. The second kappa shape index (κ2) is 9.17. The molecule has 130 valence electrons. The summed E-state index contributed by atoms with van der Waals surface area (Å²) >= 11 is 0. The fourth-order valence-corrected chi connectivity index (χ4v) is 3.85. The maximum absolute atomic E-state index is 11.8. The van der Waals surface area contributed by atoms with E-state index in [1.54, 1.807) is 6.92 Å². The summed E-state index contributed by atoms with van der Waals surface area (Å²) in [5, 5.41) is 0. The SMILES string of the molecule is CCCCc1ccc(Cc2ccc(CP(=O)(O)OCC)cc2)cc1. The lowest BCUT2D eigenvalue weighted by molar-refractivity contribution is 0.272. The molecule has 2 aromatic carbocycles. The molecular weight excluding hydrogens is 319 g/mol. The van der Waals surface area contributed by atoms with Crippen molar-refractivity contribution in [1.29, 1.82) is 0 Å². The molecule has 2 aromatic rings. The molecule has 0 radical (unpaired) electrons. The summed E-state index contributed by atoms with van der Waals surface area (Å²) < 4.78 is 16.7. The lowest BCUT2D eigenvalue weighted by atomic mass is 10.0. The molecule has 1 N–H and O–H groups in total. The van der Waals surface area contributed by atoms with Crippen LogP contribution >= 0.6 is 7.60 Å². The first kappa shape index (κ1) is 18.9. The van der Waals surface area contributed by atoms with Gasteiger partial charge < -0.3 is 9.42 Å². The van der Waals surface area contributed by atoms with Gasteiger partial charge in [-0.1, -0.05) is 61.9 Å². The van der Waals surface area contributed by atoms with Crippen molar-refractivity contribution in [1.82, 2.24) is 0 Å². The summed E-state index contributed by atoms with van der Waals surface area (Å²) in [5.74, 6) is 0. The highest BCUT2D eigenvalue weighted by molar-refractivity contribution is 7.51. The topological polar surface area (TPSA) is 46.5 Å². The molecule has 0 aliphatic carbocycles. The van der Waals surface area contributed by atoms with E-state index in [0.717, 1.165) is 18.4 Å². The van der Waals surface area contributed by atoms with Crippen LogP contribution in [0.4, 0.5) is 0 Å². The minimum atomic E-state index is -3.51. The Bertz CT molecular complexity index is 662. The summed E-state index contributed by atoms with van der Waals surface area (Å²) in [5.41, 5.74) is 4.70. The zero-order chi connectivity index (χ0) is 17.4. The Morgan fingerprint density at radius 3 is 1.88 bits per heavy atom. The summed E-state index contributed by atoms with van der Waals surface area (Å²) in [6.45, 7) is 4.18. The normalized spacial score (nSPS) is 13.6. The number of hydrogen-bond donors (Lipinski definition) is 1. The van der Waals surface area contributed by atoms with Gasteiger partial charge >= 0.3 is 7.60 Å². The third kappa shape index (κ3) is 6.24. The highest BCUT2D eigenvalue weighted by atomic mass is 31.2. The molecular formula is C20H27O3P. The number of hydrogen-bond acceptors (Lipinski definition) is 2. The second-order valence-corrected chi connectivity index (χ2v) is 7.98. The Kier molecular flexibility index (Phi) is 7.23. The van der Waals surface area contributed by atoms with E-state index in [-0.39, 0.29) is 12.8 Å². The van der Waals surface area contributed by atoms with E-state index in [9.17, 15) is 9.46 Å². The van der Waals surface area contributed by atoms with Crippen LogP contribution in [0.1, 0.15) is 48.9 Å². The molecule has 0 bridgehead atoms. The van der Waals surface area contributed by atoms with Crippen molar-refractivity contribution in [2.24, 2.45) is 0 Å². The minimum Gasteiger partial charge on any atom is -0.324 e. The summed E-state index contributed by atoms with van der Waals surface area (Å²) in [7, 11) is -3.51. The van der Waals surface area contributed by atoms with Crippen molar-refractivity contribution in [3.63, 3.8) is 0 Å². The number of benzene rings is 2. The zero-order valence-corrected chi connectivity index (χ0v) is 15.5. The molecule has 1 atom stereocenters. The first-order valence-electron chi connectivity index (χ1n) is 8.64. The summed E-state index contributed by atoms with van der Waals surface area (Å²) in [4.78, 5) is 9.69. The first-order valence-corrected chi connectivity index (χ1v) is 10.4. The van der Waals surface area contributed by atoms with Crippen molar-refractivity contribution in [2.45, 2.75) is 45.7 Å². The van der Waals surface area contributed by atoms with E-state index in [1.807, 2.05) is 24.3 Å². The molecule has 3 nitrogen and oxygen atoms in total. The maximum Gasteiger partial charge on any atom is 0.332 e. The van der Waals surface area contributed by atoms with E-state index in [1.165, 1.54) is 29.5 Å². The van der Waals surface area contributed by atoms with Gasteiger partial charge in [0.25, 0.3) is 0 Å². The molecule has 24 heavy (non-hydrogen) atoms. The summed E-state index contributed by atoms with van der Waals surface area (Å²) in [6.07, 6.45) is 4.53. The van der Waals surface area contributed by atoms with Crippen LogP contribution in [0.3, 0.4) is 0 Å². The monoisotopic (exact) mass is 346 g/mol. The third-order valence-electron chi connectivity index (χ3n) is 3.99. The number of aryl methyl sites for hydroxylation is 1. The van der Waals surface area contributed by atoms with Gasteiger partial charge in [0.05, 0.1) is 12.8 Å². The van der Waals surface area contributed by atoms with Gasteiger partial charge in [-0.3, -0.25) is 4.57 Å². The van der Waals surface area contributed by atoms with Gasteiger partial charge in [-0.05, 0) is 48.4 Å². The van der Waals surface area contributed by atoms with Gasteiger partial charge in [-0.25, -0.2) is 0 Å². The molecule has 0 aromatic heterocycles. The van der Waals surface area contributed by atoms with Gasteiger partial charge in [-0.2, -0.15) is 0 Å². The van der Waals surface area contributed by atoms with E-state index in [2.05, 4.69) is 31.2 Å². The van der Waals surface area contributed by atoms with Crippen LogP contribution < -0.4 is 0 Å². The predicted octanol–water partition coefficient (Wildman–Crippen LogP) is 5.34. The van der Waals surface area contributed by atoms with E-state index < -0.39 is 7.60 Å². The Morgan fingerprint density at radius 1 is 0.875 bits per heavy atom. The van der Waals surface area contributed by atoms with Crippen LogP contribution in [-0.2, 0) is 28.1 Å². The first-order chi connectivity index (χ1) is 11.5. The third-order valence-corrected chi connectivity index (χ3v) is 5.41. The summed E-state index contributed by atoms with van der Waals surface area (Å²) in [6, 6.07) is 16.7. The Morgan fingerprint density at radius 2 is 1.38 bits per heavy atom. The van der Waals surface area contributed by atoms with Crippen LogP contribution in [0.2, 0.25) is 0 Å². The van der Waals surface area contributed by atoms with Crippen LogP contribution in [0, 0.1) is 0 Å². The zero-order valence-electron chi connectivity index (χ0n) is 14.6. The molecule has 0 saturated carbocycles. The van der Waals surface area contributed by atoms with Gasteiger partial charge in [0.2, 0.25) is 0 Å². The van der Waals surface area contributed by atoms with Crippen LogP contribution in [0.25, 0.3) is 0 Å². The largest absolute Gasteiger partial charge is 0.332 e. The fourth-order valence-electron chi connectivity index (χ4n) is 2.68. The average molecular weight is 346 g/mol. The maximum atomic E-state index is 11.8. The fraction of sp³-hybridized carbons (Fsp3) is 0.400. The molecule has 0 fully saturated rings. The standard InChI is InChI=1S/C20H27O3P/c1-3-5-6-17-7-9-18(10-8-17)15-19-11-13-20(14-12-19)16-24(21,22)23-4-2/h7-14H,3-6,15-16H2,1-2H3,(H,21,22). The van der Waals surface area contributed by atoms with Crippen molar-refractivity contribution < 1.29 is 14.0 Å². The molecule has 4 heteroatoms. The lowest BCUT2D eigenvalue weighted by Gasteiger charge is -2.11. The lowest BCUT2D eigenvalue weighted by Crippen LogP contribution is -1.94. The van der Waals surface area contributed by atoms with Gasteiger partial charge in [0.1, 0.15) is 0 Å². The highest BCUT2D eigenvalue weighted by Gasteiger charge is 2.18. The van der Waals surface area contributed by atoms with E-state index in [0.29, 0.717) is 0 Å².